The molecule has 0 bridgehead atoms. The molecule has 3 nitrogen and oxygen atoms in total. The highest BCUT2D eigenvalue weighted by Gasteiger charge is 2.26. The first kappa shape index (κ1) is 8.48. The summed E-state index contributed by atoms with van der Waals surface area (Å²) in [5.41, 5.74) is 0. The standard InChI is InChI=1S/C10H15N3/c1-8-6-13(7-9(8)2)10-4-3-5-11-12-10/h3-5,8-9H,6-7H2,1-2H3. The van der Waals surface area contributed by atoms with Gasteiger partial charge in [0.25, 0.3) is 0 Å². The van der Waals surface area contributed by atoms with Crippen molar-refractivity contribution in [1.29, 1.82) is 0 Å². The van der Waals surface area contributed by atoms with Gasteiger partial charge >= 0.3 is 0 Å². The van der Waals surface area contributed by atoms with Gasteiger partial charge in [-0.1, -0.05) is 13.8 Å². The second-order valence-electron chi connectivity index (χ2n) is 3.94. The van der Waals surface area contributed by atoms with E-state index in [1.54, 1.807) is 6.20 Å². The predicted molar refractivity (Wildman–Crippen MR) is 52.6 cm³/mol. The van der Waals surface area contributed by atoms with Crippen molar-refractivity contribution in [2.24, 2.45) is 11.8 Å². The molecule has 0 radical (unpaired) electrons. The summed E-state index contributed by atoms with van der Waals surface area (Å²) in [6.45, 7) is 6.81. The Labute approximate surface area is 78.8 Å². The number of nitrogens with zero attached hydrogens (tertiary/aromatic N) is 3. The third kappa shape index (κ3) is 1.64. The van der Waals surface area contributed by atoms with Gasteiger partial charge in [-0.2, -0.15) is 5.10 Å². The van der Waals surface area contributed by atoms with Crippen molar-refractivity contribution in [2.75, 3.05) is 18.0 Å². The first-order chi connectivity index (χ1) is 6.27. The zero-order valence-electron chi connectivity index (χ0n) is 8.14. The second-order valence-corrected chi connectivity index (χ2v) is 3.94. The van der Waals surface area contributed by atoms with Crippen molar-refractivity contribution in [3.63, 3.8) is 0 Å². The Morgan fingerprint density at radius 3 is 2.54 bits per heavy atom. The molecule has 0 N–H and O–H groups in total. The van der Waals surface area contributed by atoms with E-state index >= 15 is 0 Å². The summed E-state index contributed by atoms with van der Waals surface area (Å²) in [7, 11) is 0. The molecule has 0 saturated carbocycles. The number of rotatable bonds is 1. The fourth-order valence-electron chi connectivity index (χ4n) is 1.78. The van der Waals surface area contributed by atoms with E-state index in [0.717, 1.165) is 30.7 Å². The summed E-state index contributed by atoms with van der Waals surface area (Å²) in [6, 6.07) is 3.97. The van der Waals surface area contributed by atoms with Crippen molar-refractivity contribution in [2.45, 2.75) is 13.8 Å². The van der Waals surface area contributed by atoms with Crippen LogP contribution in [0.4, 0.5) is 5.82 Å². The highest BCUT2D eigenvalue weighted by Crippen LogP contribution is 2.25. The van der Waals surface area contributed by atoms with E-state index < -0.39 is 0 Å². The topological polar surface area (TPSA) is 29.0 Å². The van der Waals surface area contributed by atoms with Crippen molar-refractivity contribution >= 4 is 5.82 Å². The van der Waals surface area contributed by atoms with E-state index in [1.165, 1.54) is 0 Å². The maximum Gasteiger partial charge on any atom is 0.151 e. The molecule has 2 unspecified atom stereocenters. The summed E-state index contributed by atoms with van der Waals surface area (Å²) in [6.07, 6.45) is 1.71. The molecule has 1 aromatic rings. The molecule has 1 aliphatic heterocycles. The average molecular weight is 177 g/mol. The van der Waals surface area contributed by atoms with Gasteiger partial charge in [0.15, 0.2) is 5.82 Å². The van der Waals surface area contributed by atoms with E-state index in [2.05, 4.69) is 28.9 Å². The van der Waals surface area contributed by atoms with Crippen LogP contribution >= 0.6 is 0 Å². The Morgan fingerprint density at radius 1 is 1.31 bits per heavy atom. The van der Waals surface area contributed by atoms with Crippen molar-refractivity contribution < 1.29 is 0 Å². The zero-order valence-corrected chi connectivity index (χ0v) is 8.14. The third-order valence-corrected chi connectivity index (χ3v) is 2.87. The quantitative estimate of drug-likeness (QED) is 0.652. The molecule has 1 fully saturated rings. The van der Waals surface area contributed by atoms with Crippen LogP contribution in [0.3, 0.4) is 0 Å². The molecule has 0 aromatic carbocycles. The van der Waals surface area contributed by atoms with Crippen LogP contribution in [0, 0.1) is 11.8 Å². The van der Waals surface area contributed by atoms with Crippen LogP contribution in [0.25, 0.3) is 0 Å². The maximum atomic E-state index is 4.11. The highest BCUT2D eigenvalue weighted by atomic mass is 15.3. The van der Waals surface area contributed by atoms with Crippen molar-refractivity contribution in [3.05, 3.63) is 18.3 Å². The molecule has 0 spiro atoms. The van der Waals surface area contributed by atoms with E-state index in [4.69, 9.17) is 0 Å². The van der Waals surface area contributed by atoms with Gasteiger partial charge in [0, 0.05) is 19.3 Å². The first-order valence-electron chi connectivity index (χ1n) is 4.80. The largest absolute Gasteiger partial charge is 0.355 e. The first-order valence-corrected chi connectivity index (χ1v) is 4.80. The fraction of sp³-hybridized carbons (Fsp3) is 0.600. The van der Waals surface area contributed by atoms with Crippen LogP contribution in [-0.2, 0) is 0 Å². The molecule has 1 aromatic heterocycles. The van der Waals surface area contributed by atoms with Gasteiger partial charge in [-0.3, -0.25) is 0 Å². The second kappa shape index (κ2) is 3.32. The van der Waals surface area contributed by atoms with E-state index in [9.17, 15) is 0 Å². The molecule has 70 valence electrons. The number of aromatic nitrogens is 2. The Hall–Kier alpha value is -1.12. The molecular formula is C10H15N3. The van der Waals surface area contributed by atoms with E-state index in [-0.39, 0.29) is 0 Å². The summed E-state index contributed by atoms with van der Waals surface area (Å²) < 4.78 is 0. The van der Waals surface area contributed by atoms with Crippen LogP contribution in [0.2, 0.25) is 0 Å². The maximum absolute atomic E-state index is 4.11. The molecule has 1 aliphatic rings. The van der Waals surface area contributed by atoms with Crippen LogP contribution in [0.5, 0.6) is 0 Å². The summed E-state index contributed by atoms with van der Waals surface area (Å²) in [4.78, 5) is 2.31. The molecular weight excluding hydrogens is 162 g/mol. The lowest BCUT2D eigenvalue weighted by Gasteiger charge is -2.15. The Bertz CT molecular complexity index is 263. The van der Waals surface area contributed by atoms with Gasteiger partial charge in [-0.25, -0.2) is 0 Å². The van der Waals surface area contributed by atoms with Crippen LogP contribution in [0.1, 0.15) is 13.8 Å². The minimum absolute atomic E-state index is 0.766. The zero-order chi connectivity index (χ0) is 9.26. The van der Waals surface area contributed by atoms with Gasteiger partial charge in [0.2, 0.25) is 0 Å². The predicted octanol–water partition coefficient (Wildman–Crippen LogP) is 1.57. The van der Waals surface area contributed by atoms with Crippen LogP contribution in [-0.4, -0.2) is 23.3 Å². The normalized spacial score (nSPS) is 28.0. The monoisotopic (exact) mass is 177 g/mol. The Morgan fingerprint density at radius 2 is 2.00 bits per heavy atom. The highest BCUT2D eigenvalue weighted by molar-refractivity contribution is 5.37. The van der Waals surface area contributed by atoms with Crippen molar-refractivity contribution in [3.8, 4) is 0 Å². The van der Waals surface area contributed by atoms with Crippen LogP contribution in [0.15, 0.2) is 18.3 Å². The molecule has 3 heteroatoms. The molecule has 2 heterocycles. The number of hydrogen-bond acceptors (Lipinski definition) is 3. The number of hydrogen-bond donors (Lipinski definition) is 0. The summed E-state index contributed by atoms with van der Waals surface area (Å²) >= 11 is 0. The molecule has 2 atom stereocenters. The minimum Gasteiger partial charge on any atom is -0.355 e. The summed E-state index contributed by atoms with van der Waals surface area (Å²) in [5.74, 6) is 2.54. The van der Waals surface area contributed by atoms with Crippen LogP contribution < -0.4 is 4.90 Å². The Kier molecular flexibility index (Phi) is 2.17. The Balaban J connectivity index is 2.12. The summed E-state index contributed by atoms with van der Waals surface area (Å²) in [5, 5.41) is 7.99. The lowest BCUT2D eigenvalue weighted by molar-refractivity contribution is 0.494. The molecule has 0 aliphatic carbocycles. The minimum atomic E-state index is 0.766. The van der Waals surface area contributed by atoms with Gasteiger partial charge in [-0.05, 0) is 24.0 Å². The molecule has 0 amide bonds. The van der Waals surface area contributed by atoms with Crippen molar-refractivity contribution in [1.82, 2.24) is 10.2 Å². The smallest absolute Gasteiger partial charge is 0.151 e. The van der Waals surface area contributed by atoms with Gasteiger partial charge < -0.3 is 4.90 Å². The van der Waals surface area contributed by atoms with Gasteiger partial charge in [0.1, 0.15) is 0 Å². The average Bonchev–Trinajstić information content (AvgIpc) is 2.49. The number of anilines is 1. The third-order valence-electron chi connectivity index (χ3n) is 2.87. The SMILES string of the molecule is CC1CN(c2cccnn2)CC1C. The van der Waals surface area contributed by atoms with E-state index in [0.29, 0.717) is 0 Å². The van der Waals surface area contributed by atoms with E-state index in [1.807, 2.05) is 12.1 Å². The van der Waals surface area contributed by atoms with Gasteiger partial charge in [0.05, 0.1) is 0 Å². The fourth-order valence-corrected chi connectivity index (χ4v) is 1.78. The molecule has 2 rings (SSSR count). The lowest BCUT2D eigenvalue weighted by atomic mass is 10.0. The van der Waals surface area contributed by atoms with Gasteiger partial charge in [-0.15, -0.1) is 5.10 Å². The molecule has 13 heavy (non-hydrogen) atoms. The lowest BCUT2D eigenvalue weighted by Crippen LogP contribution is -2.20. The molecule has 1 saturated heterocycles.